The number of methoxy groups -OCH3 is 2. The van der Waals surface area contributed by atoms with E-state index in [-0.39, 0.29) is 28.6 Å². The Morgan fingerprint density at radius 3 is 2.79 bits per heavy atom. The summed E-state index contributed by atoms with van der Waals surface area (Å²) in [5, 5.41) is 0. The van der Waals surface area contributed by atoms with E-state index in [0.717, 1.165) is 50.1 Å². The zero-order chi connectivity index (χ0) is 19.5. The van der Waals surface area contributed by atoms with Gasteiger partial charge in [-0.05, 0) is 64.3 Å². The zero-order valence-electron chi connectivity index (χ0n) is 17.2. The van der Waals surface area contributed by atoms with Crippen molar-refractivity contribution in [1.82, 2.24) is 4.90 Å². The molecule has 0 N–H and O–H groups in total. The SMILES string of the molecule is COc1ccc2c3c1OC1[C@]34CCN(C)C(C2)C42CC[C@]1(OC)[C@@H](C(C)=O)C2. The molecule has 4 aliphatic carbocycles. The van der Waals surface area contributed by atoms with Crippen LogP contribution in [0.1, 0.15) is 43.7 Å². The molecule has 1 aromatic rings. The van der Waals surface area contributed by atoms with E-state index < -0.39 is 5.60 Å². The van der Waals surface area contributed by atoms with Crippen LogP contribution in [0, 0.1) is 11.3 Å². The van der Waals surface area contributed by atoms with Gasteiger partial charge in [0.2, 0.25) is 0 Å². The van der Waals surface area contributed by atoms with E-state index in [0.29, 0.717) is 6.04 Å². The van der Waals surface area contributed by atoms with Crippen LogP contribution in [0.25, 0.3) is 0 Å². The minimum Gasteiger partial charge on any atom is -0.493 e. The second kappa shape index (κ2) is 5.11. The molecule has 4 fully saturated rings. The number of nitrogens with zero attached hydrogens (tertiary/aromatic N) is 1. The third-order valence-electron chi connectivity index (χ3n) is 9.32. The predicted octanol–water partition coefficient (Wildman–Crippen LogP) is 2.73. The normalized spacial score (nSPS) is 44.8. The summed E-state index contributed by atoms with van der Waals surface area (Å²) in [5.74, 6) is 1.89. The molecule has 4 bridgehead atoms. The number of hydrogen-bond acceptors (Lipinski definition) is 5. The van der Waals surface area contributed by atoms with Crippen molar-refractivity contribution in [2.24, 2.45) is 11.3 Å². The number of piperidine rings is 1. The highest BCUT2D eigenvalue weighted by Gasteiger charge is 2.80. The molecule has 1 aromatic carbocycles. The summed E-state index contributed by atoms with van der Waals surface area (Å²) in [7, 11) is 5.77. The molecule has 1 saturated heterocycles. The molecule has 2 aliphatic heterocycles. The third-order valence-corrected chi connectivity index (χ3v) is 9.32. The molecule has 2 spiro atoms. The molecule has 150 valence electrons. The molecule has 6 aliphatic rings. The number of hydrogen-bond donors (Lipinski definition) is 0. The fourth-order valence-corrected chi connectivity index (χ4v) is 8.30. The minimum absolute atomic E-state index is 0.0676. The van der Waals surface area contributed by atoms with Gasteiger partial charge in [0.25, 0.3) is 0 Å². The van der Waals surface area contributed by atoms with Crippen molar-refractivity contribution < 1.29 is 19.0 Å². The summed E-state index contributed by atoms with van der Waals surface area (Å²) in [6.07, 6.45) is 4.91. The Hall–Kier alpha value is -1.59. The smallest absolute Gasteiger partial charge is 0.165 e. The number of carbonyl (C=O) groups is 1. The van der Waals surface area contributed by atoms with Crippen LogP contribution in [0.3, 0.4) is 0 Å². The first-order chi connectivity index (χ1) is 13.4. The molecule has 0 aromatic heterocycles. The van der Waals surface area contributed by atoms with E-state index in [2.05, 4.69) is 24.1 Å². The van der Waals surface area contributed by atoms with E-state index in [9.17, 15) is 4.79 Å². The summed E-state index contributed by atoms with van der Waals surface area (Å²) in [6.45, 7) is 2.80. The van der Waals surface area contributed by atoms with Crippen molar-refractivity contribution in [1.29, 1.82) is 0 Å². The standard InChI is InChI=1S/C23H29NO4/c1-13(25)15-12-21-7-8-23(15,27-4)20-22(21)9-10-24(2)17(21)11-14-5-6-16(26-3)19(28-20)18(14)22/h5-6,15,17,20H,7-12H2,1-4H3/t15-,17?,20?,21?,22+,23+/m1/s1. The van der Waals surface area contributed by atoms with Crippen LogP contribution in [0.4, 0.5) is 0 Å². The third kappa shape index (κ3) is 1.53. The summed E-state index contributed by atoms with van der Waals surface area (Å²) in [4.78, 5) is 15.4. The van der Waals surface area contributed by atoms with Gasteiger partial charge in [0, 0.05) is 29.5 Å². The number of carbonyl (C=O) groups excluding carboxylic acids is 1. The fraction of sp³-hybridized carbons (Fsp3) is 0.696. The van der Waals surface area contributed by atoms with Crippen LogP contribution in [0.15, 0.2) is 12.1 Å². The maximum atomic E-state index is 12.8. The quantitative estimate of drug-likeness (QED) is 0.803. The first kappa shape index (κ1) is 17.3. The highest BCUT2D eigenvalue weighted by atomic mass is 16.6. The van der Waals surface area contributed by atoms with Crippen molar-refractivity contribution >= 4 is 5.78 Å². The minimum atomic E-state index is -0.535. The van der Waals surface area contributed by atoms with Gasteiger partial charge in [-0.2, -0.15) is 0 Å². The summed E-state index contributed by atoms with van der Waals surface area (Å²) < 4.78 is 18.8. The lowest BCUT2D eigenvalue weighted by Crippen LogP contribution is -2.81. The van der Waals surface area contributed by atoms with Crippen molar-refractivity contribution in [2.45, 2.75) is 62.2 Å². The summed E-state index contributed by atoms with van der Waals surface area (Å²) in [6, 6.07) is 4.75. The summed E-state index contributed by atoms with van der Waals surface area (Å²) >= 11 is 0. The molecule has 3 unspecified atom stereocenters. The molecular weight excluding hydrogens is 354 g/mol. The molecule has 5 nitrogen and oxygen atoms in total. The lowest BCUT2D eigenvalue weighted by atomic mass is 9.34. The average Bonchev–Trinajstić information content (AvgIpc) is 3.07. The molecular formula is C23H29NO4. The number of Topliss-reactive ketones (excluding diaryl/α,β-unsaturated/α-hetero) is 1. The van der Waals surface area contributed by atoms with Crippen LogP contribution in [-0.4, -0.2) is 56.2 Å². The maximum absolute atomic E-state index is 12.8. The lowest BCUT2D eigenvalue weighted by molar-refractivity contribution is -0.270. The van der Waals surface area contributed by atoms with Crippen molar-refractivity contribution in [3.63, 3.8) is 0 Å². The molecule has 0 radical (unpaired) electrons. The first-order valence-electron chi connectivity index (χ1n) is 10.6. The van der Waals surface area contributed by atoms with Crippen LogP contribution >= 0.6 is 0 Å². The number of rotatable bonds is 3. The number of fused-ring (bicyclic) bond motifs is 2. The molecule has 0 amide bonds. The van der Waals surface area contributed by atoms with E-state index in [1.165, 1.54) is 11.1 Å². The van der Waals surface area contributed by atoms with Gasteiger partial charge in [-0.1, -0.05) is 6.07 Å². The van der Waals surface area contributed by atoms with Gasteiger partial charge in [-0.3, -0.25) is 4.79 Å². The van der Waals surface area contributed by atoms with Crippen LogP contribution in [-0.2, 0) is 21.4 Å². The second-order valence-corrected chi connectivity index (χ2v) is 9.73. The van der Waals surface area contributed by atoms with E-state index >= 15 is 0 Å². The molecule has 3 saturated carbocycles. The van der Waals surface area contributed by atoms with E-state index in [4.69, 9.17) is 14.2 Å². The molecule has 2 heterocycles. The predicted molar refractivity (Wildman–Crippen MR) is 104 cm³/mol. The Labute approximate surface area is 166 Å². The van der Waals surface area contributed by atoms with Gasteiger partial charge in [0.15, 0.2) is 11.5 Å². The fourth-order valence-electron chi connectivity index (χ4n) is 8.30. The largest absolute Gasteiger partial charge is 0.493 e. The van der Waals surface area contributed by atoms with Crippen LogP contribution in [0.2, 0.25) is 0 Å². The zero-order valence-corrected chi connectivity index (χ0v) is 17.2. The van der Waals surface area contributed by atoms with Crippen molar-refractivity contribution in [3.8, 4) is 11.5 Å². The Bertz CT molecular complexity index is 899. The average molecular weight is 383 g/mol. The molecule has 5 heteroatoms. The van der Waals surface area contributed by atoms with Gasteiger partial charge in [0.05, 0.1) is 13.0 Å². The van der Waals surface area contributed by atoms with Crippen LogP contribution < -0.4 is 9.47 Å². The Balaban J connectivity index is 1.69. The van der Waals surface area contributed by atoms with Gasteiger partial charge >= 0.3 is 0 Å². The second-order valence-electron chi connectivity index (χ2n) is 9.73. The number of ketones is 1. The topological polar surface area (TPSA) is 48.0 Å². The number of ether oxygens (including phenoxy) is 3. The highest BCUT2D eigenvalue weighted by molar-refractivity contribution is 5.81. The van der Waals surface area contributed by atoms with Crippen molar-refractivity contribution in [3.05, 3.63) is 23.3 Å². The maximum Gasteiger partial charge on any atom is 0.165 e. The van der Waals surface area contributed by atoms with Gasteiger partial charge in [-0.15, -0.1) is 0 Å². The first-order valence-corrected chi connectivity index (χ1v) is 10.6. The Morgan fingerprint density at radius 1 is 1.25 bits per heavy atom. The van der Waals surface area contributed by atoms with Gasteiger partial charge in [-0.25, -0.2) is 0 Å². The van der Waals surface area contributed by atoms with Crippen molar-refractivity contribution in [2.75, 3.05) is 27.8 Å². The number of likely N-dealkylation sites (tertiary alicyclic amines) is 1. The molecule has 7 rings (SSSR count). The van der Waals surface area contributed by atoms with E-state index in [1.54, 1.807) is 21.1 Å². The van der Waals surface area contributed by atoms with Gasteiger partial charge in [0.1, 0.15) is 17.5 Å². The summed E-state index contributed by atoms with van der Waals surface area (Å²) in [5.41, 5.74) is 2.25. The van der Waals surface area contributed by atoms with Gasteiger partial charge < -0.3 is 19.1 Å². The monoisotopic (exact) mass is 383 g/mol. The highest BCUT2D eigenvalue weighted by Crippen LogP contribution is 2.76. The Morgan fingerprint density at radius 2 is 2.07 bits per heavy atom. The number of benzene rings is 1. The van der Waals surface area contributed by atoms with Crippen LogP contribution in [0.5, 0.6) is 11.5 Å². The van der Waals surface area contributed by atoms with E-state index in [1.807, 2.05) is 0 Å². The number of likely N-dealkylation sites (N-methyl/N-ethyl adjacent to an activating group) is 1. The molecule has 6 atom stereocenters. The molecule has 28 heavy (non-hydrogen) atoms. The Kier molecular flexibility index (Phi) is 3.16. The lowest BCUT2D eigenvalue weighted by Gasteiger charge is -2.73.